The van der Waals surface area contributed by atoms with Crippen molar-refractivity contribution in [1.82, 2.24) is 14.5 Å². The fraction of sp³-hybridized carbons (Fsp3) is 0.261. The third-order valence-corrected chi connectivity index (χ3v) is 5.79. The standard InChI is InChI=1S/C23H20ClN3O4/c24-16-5-3-4-15(10-16)12-26-20-17-6-1-2-7-18(17)31-21(20)22(29)27(23(26)30)13-19(28)25-11-14-8-9-14/h1-7,10,14H,8-9,11-13H2,(H,25,28). The lowest BCUT2D eigenvalue weighted by molar-refractivity contribution is -0.121. The van der Waals surface area contributed by atoms with E-state index in [-0.39, 0.29) is 24.6 Å². The first-order valence-corrected chi connectivity index (χ1v) is 10.5. The normalized spacial score (nSPS) is 13.7. The summed E-state index contributed by atoms with van der Waals surface area (Å²) in [6, 6.07) is 14.3. The second-order valence-electron chi connectivity index (χ2n) is 7.91. The van der Waals surface area contributed by atoms with Gasteiger partial charge in [0.2, 0.25) is 11.5 Å². The van der Waals surface area contributed by atoms with Gasteiger partial charge in [-0.05, 0) is 48.6 Å². The fourth-order valence-corrected chi connectivity index (χ4v) is 3.99. The van der Waals surface area contributed by atoms with Crippen molar-refractivity contribution in [2.75, 3.05) is 6.54 Å². The number of carbonyl (C=O) groups is 1. The number of fused-ring (bicyclic) bond motifs is 3. The maximum absolute atomic E-state index is 13.4. The summed E-state index contributed by atoms with van der Waals surface area (Å²) in [7, 11) is 0. The quantitative estimate of drug-likeness (QED) is 0.502. The smallest absolute Gasteiger partial charge is 0.332 e. The van der Waals surface area contributed by atoms with Gasteiger partial charge in [-0.2, -0.15) is 0 Å². The van der Waals surface area contributed by atoms with Gasteiger partial charge < -0.3 is 9.73 Å². The molecule has 7 nitrogen and oxygen atoms in total. The number of amides is 1. The molecule has 2 aromatic heterocycles. The van der Waals surface area contributed by atoms with E-state index >= 15 is 0 Å². The van der Waals surface area contributed by atoms with Gasteiger partial charge in [0.05, 0.1) is 6.54 Å². The Kier molecular flexibility index (Phi) is 4.90. The first kappa shape index (κ1) is 19.6. The van der Waals surface area contributed by atoms with E-state index in [0.717, 1.165) is 23.0 Å². The summed E-state index contributed by atoms with van der Waals surface area (Å²) in [5, 5.41) is 4.02. The molecule has 0 unspecified atom stereocenters. The Bertz CT molecular complexity index is 1430. The average Bonchev–Trinajstić information content (AvgIpc) is 3.51. The third kappa shape index (κ3) is 3.77. The molecule has 0 atom stereocenters. The number of aromatic nitrogens is 2. The molecule has 1 aliphatic carbocycles. The molecule has 5 rings (SSSR count). The van der Waals surface area contributed by atoms with E-state index in [1.807, 2.05) is 12.1 Å². The van der Waals surface area contributed by atoms with Crippen molar-refractivity contribution < 1.29 is 9.21 Å². The number of halogens is 1. The number of nitrogens with zero attached hydrogens (tertiary/aromatic N) is 2. The van der Waals surface area contributed by atoms with Crippen molar-refractivity contribution in [2.24, 2.45) is 5.92 Å². The van der Waals surface area contributed by atoms with E-state index in [1.54, 1.807) is 36.4 Å². The molecule has 1 saturated carbocycles. The van der Waals surface area contributed by atoms with Crippen molar-refractivity contribution in [1.29, 1.82) is 0 Å². The van der Waals surface area contributed by atoms with Crippen LogP contribution in [0, 0.1) is 5.92 Å². The topological polar surface area (TPSA) is 86.2 Å². The number of nitrogens with one attached hydrogen (secondary N) is 1. The molecule has 8 heteroatoms. The summed E-state index contributed by atoms with van der Waals surface area (Å²) in [5.74, 6) is 0.133. The molecule has 1 aliphatic rings. The van der Waals surface area contributed by atoms with E-state index in [4.69, 9.17) is 16.0 Å². The molecule has 31 heavy (non-hydrogen) atoms. The number of hydrogen-bond acceptors (Lipinski definition) is 4. The molecular formula is C23H20ClN3O4. The summed E-state index contributed by atoms with van der Waals surface area (Å²) >= 11 is 6.12. The number of carbonyl (C=O) groups excluding carboxylic acids is 1. The molecule has 2 aromatic carbocycles. The summed E-state index contributed by atoms with van der Waals surface area (Å²) in [4.78, 5) is 38.9. The molecule has 1 amide bonds. The Hall–Kier alpha value is -3.32. The zero-order valence-electron chi connectivity index (χ0n) is 16.6. The Balaban J connectivity index is 1.67. The second kappa shape index (κ2) is 7.74. The minimum absolute atomic E-state index is 0.0535. The van der Waals surface area contributed by atoms with Gasteiger partial charge in [-0.15, -0.1) is 0 Å². The minimum Gasteiger partial charge on any atom is -0.449 e. The van der Waals surface area contributed by atoms with Crippen LogP contribution in [0.2, 0.25) is 5.02 Å². The lowest BCUT2D eigenvalue weighted by Crippen LogP contribution is -2.44. The molecule has 4 aromatic rings. The number of benzene rings is 2. The lowest BCUT2D eigenvalue weighted by Gasteiger charge is -2.12. The van der Waals surface area contributed by atoms with Gasteiger partial charge in [-0.3, -0.25) is 14.2 Å². The first-order valence-electron chi connectivity index (χ1n) is 10.2. The zero-order chi connectivity index (χ0) is 21.5. The van der Waals surface area contributed by atoms with Crippen LogP contribution in [-0.4, -0.2) is 21.6 Å². The van der Waals surface area contributed by atoms with Gasteiger partial charge in [-0.1, -0.05) is 35.9 Å². The third-order valence-electron chi connectivity index (χ3n) is 5.56. The Morgan fingerprint density at radius 1 is 1.10 bits per heavy atom. The Labute approximate surface area is 181 Å². The van der Waals surface area contributed by atoms with E-state index in [0.29, 0.717) is 34.0 Å². The molecule has 0 radical (unpaired) electrons. The monoisotopic (exact) mass is 437 g/mol. The Morgan fingerprint density at radius 2 is 1.90 bits per heavy atom. The number of furan rings is 1. The Morgan fingerprint density at radius 3 is 2.68 bits per heavy atom. The fourth-order valence-electron chi connectivity index (χ4n) is 3.78. The van der Waals surface area contributed by atoms with Gasteiger partial charge in [0.25, 0.3) is 5.56 Å². The van der Waals surface area contributed by atoms with E-state index in [9.17, 15) is 14.4 Å². The number of rotatable bonds is 6. The van der Waals surface area contributed by atoms with Crippen LogP contribution in [-0.2, 0) is 17.9 Å². The maximum Gasteiger partial charge on any atom is 0.332 e. The van der Waals surface area contributed by atoms with Crippen molar-refractivity contribution in [3.63, 3.8) is 0 Å². The van der Waals surface area contributed by atoms with Crippen LogP contribution in [0.4, 0.5) is 0 Å². The highest BCUT2D eigenvalue weighted by Crippen LogP contribution is 2.28. The van der Waals surface area contributed by atoms with Crippen LogP contribution in [0.1, 0.15) is 18.4 Å². The predicted octanol–water partition coefficient (Wildman–Crippen LogP) is 3.14. The number of para-hydroxylation sites is 1. The SMILES string of the molecule is O=C(Cn1c(=O)c2oc3ccccc3c2n(Cc2cccc(Cl)c2)c1=O)NCC1CC1. The van der Waals surface area contributed by atoms with Gasteiger partial charge in [0, 0.05) is 17.0 Å². The average molecular weight is 438 g/mol. The highest BCUT2D eigenvalue weighted by molar-refractivity contribution is 6.30. The van der Waals surface area contributed by atoms with Gasteiger partial charge >= 0.3 is 5.69 Å². The molecule has 1 N–H and O–H groups in total. The summed E-state index contributed by atoms with van der Waals surface area (Å²) < 4.78 is 8.24. The molecule has 0 saturated heterocycles. The van der Waals surface area contributed by atoms with E-state index in [1.165, 1.54) is 4.57 Å². The van der Waals surface area contributed by atoms with E-state index in [2.05, 4.69) is 5.32 Å². The minimum atomic E-state index is -0.611. The van der Waals surface area contributed by atoms with Crippen molar-refractivity contribution in [3.05, 3.63) is 80.0 Å². The van der Waals surface area contributed by atoms with Gasteiger partial charge in [0.15, 0.2) is 0 Å². The second-order valence-corrected chi connectivity index (χ2v) is 8.35. The van der Waals surface area contributed by atoms with Crippen molar-refractivity contribution >= 4 is 39.6 Å². The van der Waals surface area contributed by atoms with Crippen LogP contribution >= 0.6 is 11.6 Å². The van der Waals surface area contributed by atoms with Crippen LogP contribution in [0.3, 0.4) is 0 Å². The van der Waals surface area contributed by atoms with Crippen LogP contribution in [0.5, 0.6) is 0 Å². The largest absolute Gasteiger partial charge is 0.449 e. The van der Waals surface area contributed by atoms with Crippen molar-refractivity contribution in [3.8, 4) is 0 Å². The van der Waals surface area contributed by atoms with Gasteiger partial charge in [0.1, 0.15) is 17.6 Å². The van der Waals surface area contributed by atoms with E-state index < -0.39 is 11.2 Å². The zero-order valence-corrected chi connectivity index (χ0v) is 17.4. The highest BCUT2D eigenvalue weighted by Gasteiger charge is 2.24. The molecule has 1 fully saturated rings. The first-order chi connectivity index (χ1) is 15.0. The molecule has 0 spiro atoms. The van der Waals surface area contributed by atoms with Crippen LogP contribution < -0.4 is 16.6 Å². The maximum atomic E-state index is 13.4. The summed E-state index contributed by atoms with van der Waals surface area (Å²) in [6.45, 7) is 0.396. The molecule has 0 aliphatic heterocycles. The van der Waals surface area contributed by atoms with Crippen LogP contribution in [0.15, 0.2) is 62.5 Å². The predicted molar refractivity (Wildman–Crippen MR) is 119 cm³/mol. The van der Waals surface area contributed by atoms with Crippen molar-refractivity contribution in [2.45, 2.75) is 25.9 Å². The van der Waals surface area contributed by atoms with Gasteiger partial charge in [-0.25, -0.2) is 9.36 Å². The summed E-state index contributed by atoms with van der Waals surface area (Å²) in [6.07, 6.45) is 2.19. The number of hydrogen-bond donors (Lipinski definition) is 1. The summed E-state index contributed by atoms with van der Waals surface area (Å²) in [5.41, 5.74) is 0.595. The molecule has 0 bridgehead atoms. The lowest BCUT2D eigenvalue weighted by atomic mass is 10.2. The molecule has 158 valence electrons. The molecular weight excluding hydrogens is 418 g/mol. The van der Waals surface area contributed by atoms with Crippen LogP contribution in [0.25, 0.3) is 22.1 Å². The molecule has 2 heterocycles. The highest BCUT2D eigenvalue weighted by atomic mass is 35.5.